The third-order valence-corrected chi connectivity index (χ3v) is 22.3. The Morgan fingerprint density at radius 1 is 0.500 bits per heavy atom. The van der Waals surface area contributed by atoms with E-state index < -0.39 is 65.9 Å². The molecule has 3 unspecified atom stereocenters. The zero-order valence-electron chi connectivity index (χ0n) is 57.1. The van der Waals surface area contributed by atoms with Gasteiger partial charge in [-0.3, -0.25) is 9.59 Å². The molecule has 9 atom stereocenters. The second-order valence-corrected chi connectivity index (χ2v) is 29.2. The molecule has 24 heteroatoms. The Labute approximate surface area is 598 Å². The molecule has 0 aromatic heterocycles. The molecule has 6 aromatic carbocycles. The zero-order chi connectivity index (χ0) is 72.0. The number of alkyl halides is 6. The largest absolute Gasteiger partial charge is 0.478 e. The number of carbonyl (C=O) groups is 5. The van der Waals surface area contributed by atoms with Crippen LogP contribution in [0.1, 0.15) is 143 Å². The Bertz CT molecular complexity index is 3820. The van der Waals surface area contributed by atoms with Gasteiger partial charge in [-0.25, -0.2) is 14.4 Å². The summed E-state index contributed by atoms with van der Waals surface area (Å²) in [5.74, 6) is -4.51. The molecule has 544 valence electrons. The highest BCUT2D eigenvalue weighted by molar-refractivity contribution is 9.10. The van der Waals surface area contributed by atoms with Gasteiger partial charge < -0.3 is 59.0 Å². The number of rotatable bonds is 14. The summed E-state index contributed by atoms with van der Waals surface area (Å²) in [5, 5.41) is 16.2. The molecule has 3 saturated carbocycles. The van der Waals surface area contributed by atoms with Crippen molar-refractivity contribution in [2.75, 3.05) is 83.1 Å². The fourth-order valence-corrected chi connectivity index (χ4v) is 16.2. The first-order valence-electron chi connectivity index (χ1n) is 35.1. The minimum absolute atomic E-state index is 0.00626. The fourth-order valence-electron chi connectivity index (χ4n) is 16.0. The van der Waals surface area contributed by atoms with Gasteiger partial charge in [0.1, 0.15) is 0 Å². The highest BCUT2D eigenvalue weighted by atomic mass is 79.9. The van der Waals surface area contributed by atoms with Crippen molar-refractivity contribution in [2.45, 2.75) is 160 Å². The maximum absolute atomic E-state index is 13.6. The number of hydrogen-bond acceptors (Lipinski definition) is 14. The molecule has 9 aliphatic rings. The summed E-state index contributed by atoms with van der Waals surface area (Å²) in [7, 11) is 2.70. The van der Waals surface area contributed by atoms with Crippen LogP contribution in [0, 0.1) is 0 Å². The van der Waals surface area contributed by atoms with Crippen molar-refractivity contribution in [3.8, 4) is 0 Å². The second-order valence-electron chi connectivity index (χ2n) is 28.3. The van der Waals surface area contributed by atoms with Crippen molar-refractivity contribution in [3.05, 3.63) is 202 Å². The van der Waals surface area contributed by atoms with Gasteiger partial charge in [-0.2, -0.15) is 26.3 Å². The lowest BCUT2D eigenvalue weighted by molar-refractivity contribution is -0.188. The number of aromatic carboxylic acids is 1. The van der Waals surface area contributed by atoms with Crippen LogP contribution in [-0.2, 0) is 33.3 Å². The van der Waals surface area contributed by atoms with E-state index >= 15 is 0 Å². The van der Waals surface area contributed by atoms with E-state index in [1.807, 2.05) is 84.9 Å². The Balaban J connectivity index is 0.000000136. The van der Waals surface area contributed by atoms with Crippen LogP contribution in [-0.4, -0.2) is 183 Å². The van der Waals surface area contributed by atoms with Crippen LogP contribution in [0.4, 0.5) is 37.7 Å². The summed E-state index contributed by atoms with van der Waals surface area (Å²) in [5.41, 5.74) is 5.93. The standard InChI is InChI=1S/C27H29F3N2O4.C24H28N2O3.C19H23F3N2O2.C8H7BrO2/c1-35-24(33)19-7-9-20(10-8-19)31-13-11-26(12-14-31)16-21(17-36-26)32(25(34)27(28,29)30)23-15-22(23)18-5-3-2-4-6-18;27-23(28)18-6-8-20(9-7-18)26-12-10-24(11-13-26)15-19(16-29-24)25-22-14-21(22)17-4-2-1-3-5-17;20-19(21,22)17(25)24(16-10-15(16)13-4-2-1-3-5-13)14-11-18(26-12-14)6-8-23-9-7-18;1-11-8(10)6-2-4-7(9)5-3-6/h2-10,21-23H,11-17H2,1H3;1-9,19,21-22,25H,10-16H2,(H,27,28);1-5,14-16,23H,6-12H2;2-5H,1H3/t21?,22-,23+;19?,21-,22+;14?,15-,16+;/m000./s1. The lowest BCUT2D eigenvalue weighted by atomic mass is 9.86. The number of nitrogens with one attached hydrogen (secondary N) is 2. The number of anilines is 2. The molecule has 15 rings (SSSR count). The minimum atomic E-state index is -4.92. The van der Waals surface area contributed by atoms with Crippen LogP contribution in [0.25, 0.3) is 0 Å². The molecule has 6 aromatic rings. The number of esters is 2. The third-order valence-electron chi connectivity index (χ3n) is 21.7. The number of carboxylic acid groups (broad SMARTS) is 1. The quantitative estimate of drug-likeness (QED) is 0.0689. The van der Waals surface area contributed by atoms with Crippen molar-refractivity contribution in [2.24, 2.45) is 0 Å². The highest BCUT2D eigenvalue weighted by Gasteiger charge is 2.59. The highest BCUT2D eigenvalue weighted by Crippen LogP contribution is 2.52. The Morgan fingerprint density at radius 2 is 0.873 bits per heavy atom. The number of halogens is 7. The molecule has 3 aliphatic carbocycles. The fraction of sp³-hybridized carbons (Fsp3) is 0.474. The number of hydrogen-bond donors (Lipinski definition) is 3. The van der Waals surface area contributed by atoms with Crippen LogP contribution in [0.2, 0.25) is 0 Å². The van der Waals surface area contributed by atoms with Crippen LogP contribution >= 0.6 is 15.9 Å². The third kappa shape index (κ3) is 17.8. The number of carbonyl (C=O) groups excluding carboxylic acids is 4. The molecule has 9 fully saturated rings. The maximum Gasteiger partial charge on any atom is 0.471 e. The topological polar surface area (TPSA) is 189 Å². The molecule has 17 nitrogen and oxygen atoms in total. The SMILES string of the molecule is COC(=O)c1ccc(Br)cc1.COC(=O)c1ccc(N2CCC3(CC2)CC(N(C(=O)C(F)(F)F)[C@@H]2C[C@H]2c2ccccc2)CO3)cc1.O=C(N(C1COC2(CCNCC2)C1)[C@@H]1C[C@H]1c1ccccc1)C(F)(F)F.O=C(O)c1ccc(N2CCC3(CC2)CC(N[C@@H]2C[C@H]2c2ccccc2)CO3)cc1. The first-order valence-corrected chi connectivity index (χ1v) is 35.9. The van der Waals surface area contributed by atoms with Crippen molar-refractivity contribution >= 4 is 57.0 Å². The molecule has 6 aliphatic heterocycles. The van der Waals surface area contributed by atoms with E-state index in [4.69, 9.17) is 24.1 Å². The monoisotopic (exact) mass is 1480 g/mol. The first kappa shape index (κ1) is 73.9. The van der Waals surface area contributed by atoms with Crippen molar-refractivity contribution in [1.29, 1.82) is 0 Å². The molecular weight excluding hydrogens is 1390 g/mol. The van der Waals surface area contributed by atoms with Gasteiger partial charge in [0.2, 0.25) is 0 Å². The number of carboxylic acids is 1. The lowest BCUT2D eigenvalue weighted by Crippen LogP contribution is -2.50. The summed E-state index contributed by atoms with van der Waals surface area (Å²) in [6.45, 7) is 5.98. The van der Waals surface area contributed by atoms with E-state index in [0.717, 1.165) is 102 Å². The molecule has 0 bridgehead atoms. The van der Waals surface area contributed by atoms with Gasteiger partial charge in [-0.1, -0.05) is 107 Å². The van der Waals surface area contributed by atoms with Gasteiger partial charge in [0, 0.05) is 83.9 Å². The van der Waals surface area contributed by atoms with E-state index in [-0.39, 0.29) is 42.2 Å². The zero-order valence-corrected chi connectivity index (χ0v) is 58.7. The van der Waals surface area contributed by atoms with E-state index in [9.17, 15) is 50.3 Å². The second kappa shape index (κ2) is 31.6. The van der Waals surface area contributed by atoms with Gasteiger partial charge in [0.05, 0.1) is 79.6 Å². The molecule has 6 heterocycles. The summed E-state index contributed by atoms with van der Waals surface area (Å²) >= 11 is 3.26. The van der Waals surface area contributed by atoms with Gasteiger partial charge >= 0.3 is 42.1 Å². The van der Waals surface area contributed by atoms with E-state index in [2.05, 4.69) is 71.4 Å². The van der Waals surface area contributed by atoms with Crippen LogP contribution in [0.5, 0.6) is 0 Å². The van der Waals surface area contributed by atoms with Gasteiger partial charge in [-0.15, -0.1) is 0 Å². The molecule has 2 amide bonds. The Morgan fingerprint density at radius 3 is 1.27 bits per heavy atom. The molecular formula is C78H87BrF6N6O11. The number of ether oxygens (including phenoxy) is 5. The van der Waals surface area contributed by atoms with E-state index in [0.29, 0.717) is 86.3 Å². The number of benzene rings is 6. The molecule has 102 heavy (non-hydrogen) atoms. The smallest absolute Gasteiger partial charge is 0.471 e. The number of amides is 2. The Hall–Kier alpha value is -7.87. The average Bonchev–Trinajstić information content (AvgIpc) is 1.60. The molecule has 3 spiro atoms. The van der Waals surface area contributed by atoms with Crippen molar-refractivity contribution in [1.82, 2.24) is 20.4 Å². The molecule has 0 radical (unpaired) electrons. The van der Waals surface area contributed by atoms with Crippen LogP contribution < -0.4 is 20.4 Å². The van der Waals surface area contributed by atoms with Crippen molar-refractivity contribution < 1.29 is 79.1 Å². The van der Waals surface area contributed by atoms with Crippen LogP contribution in [0.15, 0.2) is 168 Å². The van der Waals surface area contributed by atoms with Crippen LogP contribution in [0.3, 0.4) is 0 Å². The summed E-state index contributed by atoms with van der Waals surface area (Å²) in [4.78, 5) is 65.0. The number of nitrogens with zero attached hydrogens (tertiary/aromatic N) is 4. The molecule has 3 N–H and O–H groups in total. The van der Waals surface area contributed by atoms with Crippen molar-refractivity contribution in [3.63, 3.8) is 0 Å². The predicted molar refractivity (Wildman–Crippen MR) is 375 cm³/mol. The van der Waals surface area contributed by atoms with Gasteiger partial charge in [-0.05, 0) is 180 Å². The average molecular weight is 1480 g/mol. The number of methoxy groups -OCH3 is 2. The van der Waals surface area contributed by atoms with Gasteiger partial charge in [0.25, 0.3) is 0 Å². The minimum Gasteiger partial charge on any atom is -0.478 e. The normalized spacial score (nSPS) is 25.5. The first-order chi connectivity index (χ1) is 49.0. The Kier molecular flexibility index (Phi) is 22.9. The summed E-state index contributed by atoms with van der Waals surface area (Å²) < 4.78 is 109. The summed E-state index contributed by atoms with van der Waals surface area (Å²) in [6, 6.07) is 50.1. The van der Waals surface area contributed by atoms with E-state index in [1.165, 1.54) is 26.2 Å². The lowest BCUT2D eigenvalue weighted by Gasteiger charge is -2.40. The van der Waals surface area contributed by atoms with Gasteiger partial charge in [0.15, 0.2) is 0 Å². The number of piperidine rings is 3. The summed E-state index contributed by atoms with van der Waals surface area (Å²) in [6.07, 6.45) is -0.506. The molecule has 6 saturated heterocycles. The predicted octanol–water partition coefficient (Wildman–Crippen LogP) is 13.3. The van der Waals surface area contributed by atoms with E-state index in [1.54, 1.807) is 48.5 Å². The maximum atomic E-state index is 13.6.